The van der Waals surface area contributed by atoms with Crippen molar-refractivity contribution >= 4 is 11.3 Å². The number of aromatic nitrogens is 1. The summed E-state index contributed by atoms with van der Waals surface area (Å²) in [6, 6.07) is 8.00. The molecule has 1 aromatic heterocycles. The summed E-state index contributed by atoms with van der Waals surface area (Å²) in [6.45, 7) is 3.93. The lowest BCUT2D eigenvalue weighted by Gasteiger charge is -2.04. The van der Waals surface area contributed by atoms with Gasteiger partial charge in [0, 0.05) is 24.2 Å². The lowest BCUT2D eigenvalue weighted by atomic mass is 10.1. The van der Waals surface area contributed by atoms with Gasteiger partial charge in [-0.2, -0.15) is 0 Å². The standard InChI is InChI=1S/C14H18N2OS/c1-2-14-16-9-13(18-14)8-15-7-11-3-5-12(10-17)6-4-11/h3-6,9,15,17H,2,7-8,10H2,1H3. The van der Waals surface area contributed by atoms with E-state index in [-0.39, 0.29) is 6.61 Å². The molecule has 0 saturated carbocycles. The van der Waals surface area contributed by atoms with Crippen LogP contribution in [0, 0.1) is 0 Å². The van der Waals surface area contributed by atoms with E-state index >= 15 is 0 Å². The molecule has 1 heterocycles. The second-order valence-corrected chi connectivity index (χ2v) is 5.35. The first-order chi connectivity index (χ1) is 8.81. The molecule has 96 valence electrons. The van der Waals surface area contributed by atoms with Gasteiger partial charge in [-0.05, 0) is 17.5 Å². The summed E-state index contributed by atoms with van der Waals surface area (Å²) in [5.41, 5.74) is 2.18. The molecule has 0 aliphatic heterocycles. The normalized spacial score (nSPS) is 10.8. The number of nitrogens with one attached hydrogen (secondary N) is 1. The minimum Gasteiger partial charge on any atom is -0.392 e. The number of aryl methyl sites for hydroxylation is 1. The topological polar surface area (TPSA) is 45.2 Å². The Bertz CT molecular complexity index is 479. The van der Waals surface area contributed by atoms with Gasteiger partial charge >= 0.3 is 0 Å². The van der Waals surface area contributed by atoms with Crippen LogP contribution in [0.15, 0.2) is 30.5 Å². The Morgan fingerprint density at radius 3 is 2.50 bits per heavy atom. The minimum atomic E-state index is 0.106. The van der Waals surface area contributed by atoms with Gasteiger partial charge in [-0.3, -0.25) is 0 Å². The molecule has 0 bridgehead atoms. The van der Waals surface area contributed by atoms with Crippen LogP contribution in [0.1, 0.15) is 27.9 Å². The van der Waals surface area contributed by atoms with E-state index in [0.717, 1.165) is 25.1 Å². The van der Waals surface area contributed by atoms with E-state index in [1.807, 2.05) is 30.5 Å². The van der Waals surface area contributed by atoms with Gasteiger partial charge in [-0.25, -0.2) is 4.98 Å². The van der Waals surface area contributed by atoms with Crippen LogP contribution in [-0.4, -0.2) is 10.1 Å². The van der Waals surface area contributed by atoms with Crippen LogP contribution < -0.4 is 5.32 Å². The van der Waals surface area contributed by atoms with E-state index in [0.29, 0.717) is 0 Å². The van der Waals surface area contributed by atoms with Crippen LogP contribution in [0.4, 0.5) is 0 Å². The first-order valence-corrected chi connectivity index (χ1v) is 6.96. The van der Waals surface area contributed by atoms with Crippen LogP contribution in [0.3, 0.4) is 0 Å². The molecule has 2 aromatic rings. The molecular weight excluding hydrogens is 244 g/mol. The summed E-state index contributed by atoms with van der Waals surface area (Å²) in [4.78, 5) is 5.61. The molecule has 0 aliphatic rings. The molecule has 0 fully saturated rings. The van der Waals surface area contributed by atoms with Crippen LogP contribution in [0.2, 0.25) is 0 Å². The van der Waals surface area contributed by atoms with E-state index in [9.17, 15) is 0 Å². The van der Waals surface area contributed by atoms with Crippen molar-refractivity contribution in [2.45, 2.75) is 33.0 Å². The molecule has 0 atom stereocenters. The summed E-state index contributed by atoms with van der Waals surface area (Å²) in [7, 11) is 0. The Kier molecular flexibility index (Phi) is 4.87. The van der Waals surface area contributed by atoms with Gasteiger partial charge in [-0.1, -0.05) is 31.2 Å². The highest BCUT2D eigenvalue weighted by atomic mass is 32.1. The van der Waals surface area contributed by atoms with E-state index in [1.165, 1.54) is 15.4 Å². The lowest BCUT2D eigenvalue weighted by molar-refractivity contribution is 0.282. The molecule has 0 aliphatic carbocycles. The van der Waals surface area contributed by atoms with Gasteiger partial charge in [0.1, 0.15) is 0 Å². The first kappa shape index (κ1) is 13.2. The Hall–Kier alpha value is -1.23. The highest BCUT2D eigenvalue weighted by molar-refractivity contribution is 7.11. The van der Waals surface area contributed by atoms with Gasteiger partial charge in [0.15, 0.2) is 0 Å². The predicted molar refractivity (Wildman–Crippen MR) is 74.4 cm³/mol. The minimum absolute atomic E-state index is 0.106. The quantitative estimate of drug-likeness (QED) is 0.840. The molecule has 3 nitrogen and oxygen atoms in total. The van der Waals surface area contributed by atoms with E-state index in [2.05, 4.69) is 17.2 Å². The SMILES string of the molecule is CCc1ncc(CNCc2ccc(CO)cc2)s1. The predicted octanol–water partition coefficient (Wildman–Crippen LogP) is 2.49. The number of benzene rings is 1. The summed E-state index contributed by atoms with van der Waals surface area (Å²) >= 11 is 1.77. The highest BCUT2D eigenvalue weighted by Crippen LogP contribution is 2.13. The molecule has 4 heteroatoms. The number of hydrogen-bond acceptors (Lipinski definition) is 4. The lowest BCUT2D eigenvalue weighted by Crippen LogP contribution is -2.11. The van der Waals surface area contributed by atoms with Crippen molar-refractivity contribution in [2.24, 2.45) is 0 Å². The molecular formula is C14H18N2OS. The summed E-state index contributed by atoms with van der Waals surface area (Å²) in [6.07, 6.45) is 2.96. The number of aliphatic hydroxyl groups excluding tert-OH is 1. The van der Waals surface area contributed by atoms with Crippen LogP contribution in [-0.2, 0) is 26.1 Å². The van der Waals surface area contributed by atoms with Gasteiger partial charge in [0.2, 0.25) is 0 Å². The van der Waals surface area contributed by atoms with E-state index in [4.69, 9.17) is 5.11 Å². The largest absolute Gasteiger partial charge is 0.392 e. The fourth-order valence-corrected chi connectivity index (χ4v) is 2.52. The third kappa shape index (κ3) is 3.63. The van der Waals surface area contributed by atoms with Gasteiger partial charge in [0.25, 0.3) is 0 Å². The van der Waals surface area contributed by atoms with Crippen molar-refractivity contribution in [1.82, 2.24) is 10.3 Å². The van der Waals surface area contributed by atoms with E-state index < -0.39 is 0 Å². The average molecular weight is 262 g/mol. The monoisotopic (exact) mass is 262 g/mol. The third-order valence-electron chi connectivity index (χ3n) is 2.74. The highest BCUT2D eigenvalue weighted by Gasteiger charge is 2.00. The second-order valence-electron chi connectivity index (χ2n) is 4.15. The van der Waals surface area contributed by atoms with Gasteiger partial charge < -0.3 is 10.4 Å². The molecule has 0 radical (unpaired) electrons. The van der Waals surface area contributed by atoms with Crippen molar-refractivity contribution in [3.8, 4) is 0 Å². The number of nitrogens with zero attached hydrogens (tertiary/aromatic N) is 1. The molecule has 0 spiro atoms. The van der Waals surface area contributed by atoms with Gasteiger partial charge in [0.05, 0.1) is 11.6 Å². The molecule has 0 saturated heterocycles. The number of hydrogen-bond donors (Lipinski definition) is 2. The maximum atomic E-state index is 8.96. The molecule has 0 amide bonds. The molecule has 1 aromatic carbocycles. The van der Waals surface area contributed by atoms with Crippen LogP contribution in [0.5, 0.6) is 0 Å². The molecule has 2 N–H and O–H groups in total. The summed E-state index contributed by atoms with van der Waals surface area (Å²) in [5, 5.41) is 13.6. The van der Waals surface area contributed by atoms with Crippen molar-refractivity contribution in [2.75, 3.05) is 0 Å². The number of thiazole rings is 1. The zero-order valence-electron chi connectivity index (χ0n) is 10.5. The maximum Gasteiger partial charge on any atom is 0.0925 e. The summed E-state index contributed by atoms with van der Waals surface area (Å²) in [5.74, 6) is 0. The fourth-order valence-electron chi connectivity index (χ4n) is 1.69. The molecule has 18 heavy (non-hydrogen) atoms. The second kappa shape index (κ2) is 6.64. The molecule has 0 unspecified atom stereocenters. The van der Waals surface area contributed by atoms with Crippen molar-refractivity contribution in [3.63, 3.8) is 0 Å². The van der Waals surface area contributed by atoms with E-state index in [1.54, 1.807) is 11.3 Å². The van der Waals surface area contributed by atoms with Crippen LogP contribution >= 0.6 is 11.3 Å². The molecule has 2 rings (SSSR count). The average Bonchev–Trinajstić information content (AvgIpc) is 2.87. The zero-order valence-corrected chi connectivity index (χ0v) is 11.3. The maximum absolute atomic E-state index is 8.96. The van der Waals surface area contributed by atoms with Crippen molar-refractivity contribution in [3.05, 3.63) is 51.5 Å². The Labute approximate surface area is 112 Å². The van der Waals surface area contributed by atoms with Crippen molar-refractivity contribution < 1.29 is 5.11 Å². The summed E-state index contributed by atoms with van der Waals surface area (Å²) < 4.78 is 0. The Morgan fingerprint density at radius 1 is 1.17 bits per heavy atom. The third-order valence-corrected chi connectivity index (χ3v) is 3.88. The number of aliphatic hydroxyl groups is 1. The smallest absolute Gasteiger partial charge is 0.0925 e. The van der Waals surface area contributed by atoms with Gasteiger partial charge in [-0.15, -0.1) is 11.3 Å². The fraction of sp³-hybridized carbons (Fsp3) is 0.357. The van der Waals surface area contributed by atoms with Crippen LogP contribution in [0.25, 0.3) is 0 Å². The Morgan fingerprint density at radius 2 is 1.89 bits per heavy atom. The first-order valence-electron chi connectivity index (χ1n) is 6.14. The van der Waals surface area contributed by atoms with Crippen molar-refractivity contribution in [1.29, 1.82) is 0 Å². The Balaban J connectivity index is 1.80. The zero-order chi connectivity index (χ0) is 12.8. The number of rotatable bonds is 6.